The molecule has 0 radical (unpaired) electrons. The minimum Gasteiger partial charge on any atom is -0.360 e. The second kappa shape index (κ2) is 7.48. The lowest BCUT2D eigenvalue weighted by atomic mass is 10.2. The van der Waals surface area contributed by atoms with Crippen LogP contribution < -0.4 is 10.6 Å². The lowest BCUT2D eigenvalue weighted by Gasteiger charge is -2.06. The summed E-state index contributed by atoms with van der Waals surface area (Å²) in [6, 6.07) is 14.6. The van der Waals surface area contributed by atoms with E-state index in [-0.39, 0.29) is 5.57 Å². The molecule has 0 atom stereocenters. The van der Waals surface area contributed by atoms with Gasteiger partial charge in [-0.1, -0.05) is 35.4 Å². The molecule has 2 N–H and O–H groups in total. The second-order valence-electron chi connectivity index (χ2n) is 5.10. The Morgan fingerprint density at radius 3 is 2.39 bits per heavy atom. The smallest absolute Gasteiger partial charge is 0.267 e. The van der Waals surface area contributed by atoms with E-state index in [0.29, 0.717) is 16.4 Å². The SMILES string of the molecule is Cc1ccc(NC(=O)/C(C#N)=C\Nc2ccc(C)c(Cl)c2)cc1. The van der Waals surface area contributed by atoms with E-state index >= 15 is 0 Å². The van der Waals surface area contributed by atoms with Gasteiger partial charge in [-0.05, 0) is 43.7 Å². The maximum Gasteiger partial charge on any atom is 0.267 e. The molecule has 2 rings (SSSR count). The van der Waals surface area contributed by atoms with Crippen molar-refractivity contribution < 1.29 is 4.79 Å². The molecule has 1 amide bonds. The fourth-order valence-corrected chi connectivity index (χ4v) is 2.00. The second-order valence-corrected chi connectivity index (χ2v) is 5.51. The fraction of sp³-hybridized carbons (Fsp3) is 0.111. The zero-order valence-electron chi connectivity index (χ0n) is 12.9. The van der Waals surface area contributed by atoms with Gasteiger partial charge in [-0.15, -0.1) is 0 Å². The van der Waals surface area contributed by atoms with Gasteiger partial charge in [0.25, 0.3) is 5.91 Å². The third-order valence-corrected chi connectivity index (χ3v) is 3.64. The van der Waals surface area contributed by atoms with Gasteiger partial charge in [0.15, 0.2) is 0 Å². The molecule has 2 aromatic carbocycles. The summed E-state index contributed by atoms with van der Waals surface area (Å²) >= 11 is 6.04. The standard InChI is InChI=1S/C18H16ClN3O/c1-12-3-6-15(7-4-12)22-18(23)14(10-20)11-21-16-8-5-13(2)17(19)9-16/h3-9,11,21H,1-2H3,(H,22,23)/b14-11-. The van der Waals surface area contributed by atoms with Gasteiger partial charge in [-0.2, -0.15) is 5.26 Å². The van der Waals surface area contributed by atoms with E-state index in [2.05, 4.69) is 10.6 Å². The van der Waals surface area contributed by atoms with E-state index in [1.807, 2.05) is 44.2 Å². The Kier molecular flexibility index (Phi) is 5.40. The molecule has 5 heteroatoms. The molecule has 0 aliphatic carbocycles. The van der Waals surface area contributed by atoms with Crippen molar-refractivity contribution in [3.63, 3.8) is 0 Å². The van der Waals surface area contributed by atoms with Crippen LogP contribution in [0.25, 0.3) is 0 Å². The molecule has 2 aromatic rings. The average Bonchev–Trinajstić information content (AvgIpc) is 2.53. The summed E-state index contributed by atoms with van der Waals surface area (Å²) in [4.78, 5) is 12.1. The molecule has 0 unspecified atom stereocenters. The van der Waals surface area contributed by atoms with E-state index in [4.69, 9.17) is 16.9 Å². The fourth-order valence-electron chi connectivity index (χ4n) is 1.82. The van der Waals surface area contributed by atoms with Crippen LogP contribution in [-0.2, 0) is 4.79 Å². The average molecular weight is 326 g/mol. The van der Waals surface area contributed by atoms with Crippen LogP contribution in [0.1, 0.15) is 11.1 Å². The first-order valence-electron chi connectivity index (χ1n) is 7.00. The van der Waals surface area contributed by atoms with Gasteiger partial charge in [-0.25, -0.2) is 0 Å². The Morgan fingerprint density at radius 1 is 1.13 bits per heavy atom. The van der Waals surface area contributed by atoms with Crippen molar-refractivity contribution in [2.45, 2.75) is 13.8 Å². The number of rotatable bonds is 4. The number of carbonyl (C=O) groups is 1. The minimum atomic E-state index is -0.470. The normalized spacial score (nSPS) is 10.8. The molecule has 0 saturated carbocycles. The topological polar surface area (TPSA) is 64.9 Å². The maximum atomic E-state index is 12.1. The van der Waals surface area contributed by atoms with Crippen molar-refractivity contribution in [3.05, 3.63) is 70.4 Å². The predicted octanol–water partition coefficient (Wildman–Crippen LogP) is 4.41. The highest BCUT2D eigenvalue weighted by molar-refractivity contribution is 6.31. The lowest BCUT2D eigenvalue weighted by molar-refractivity contribution is -0.112. The van der Waals surface area contributed by atoms with Crippen LogP contribution >= 0.6 is 11.6 Å². The molecule has 4 nitrogen and oxygen atoms in total. The Labute approximate surface area is 140 Å². The molecular weight excluding hydrogens is 310 g/mol. The highest BCUT2D eigenvalue weighted by Crippen LogP contribution is 2.20. The Balaban J connectivity index is 2.08. The number of amides is 1. The van der Waals surface area contributed by atoms with Gasteiger partial charge < -0.3 is 10.6 Å². The number of hydrogen-bond donors (Lipinski definition) is 2. The molecular formula is C18H16ClN3O. The molecule has 116 valence electrons. The zero-order valence-corrected chi connectivity index (χ0v) is 13.6. The molecule has 0 aliphatic heterocycles. The van der Waals surface area contributed by atoms with E-state index in [9.17, 15) is 4.79 Å². The van der Waals surface area contributed by atoms with Crippen molar-refractivity contribution in [3.8, 4) is 6.07 Å². The largest absolute Gasteiger partial charge is 0.360 e. The van der Waals surface area contributed by atoms with Gasteiger partial charge in [-0.3, -0.25) is 4.79 Å². The number of halogens is 1. The predicted molar refractivity (Wildman–Crippen MR) is 93.3 cm³/mol. The molecule has 23 heavy (non-hydrogen) atoms. The summed E-state index contributed by atoms with van der Waals surface area (Å²) in [5, 5.41) is 15.4. The van der Waals surface area contributed by atoms with Crippen LogP contribution in [0.5, 0.6) is 0 Å². The van der Waals surface area contributed by atoms with Gasteiger partial charge in [0, 0.05) is 22.6 Å². The van der Waals surface area contributed by atoms with E-state index < -0.39 is 5.91 Å². The van der Waals surface area contributed by atoms with Crippen LogP contribution in [-0.4, -0.2) is 5.91 Å². The summed E-state index contributed by atoms with van der Waals surface area (Å²) < 4.78 is 0. The first kappa shape index (κ1) is 16.6. The number of aryl methyl sites for hydroxylation is 2. The number of nitriles is 1. The van der Waals surface area contributed by atoms with E-state index in [1.165, 1.54) is 6.20 Å². The third kappa shape index (κ3) is 4.60. The highest BCUT2D eigenvalue weighted by Gasteiger charge is 2.09. The van der Waals surface area contributed by atoms with E-state index in [1.54, 1.807) is 18.2 Å². The molecule has 0 bridgehead atoms. The van der Waals surface area contributed by atoms with Gasteiger partial charge in [0.05, 0.1) is 0 Å². The Bertz CT molecular complexity index is 789. The quantitative estimate of drug-likeness (QED) is 0.646. The van der Waals surface area contributed by atoms with Crippen LogP contribution in [0.3, 0.4) is 0 Å². The van der Waals surface area contributed by atoms with Crippen molar-refractivity contribution >= 4 is 28.9 Å². The summed E-state index contributed by atoms with van der Waals surface area (Å²) in [6.07, 6.45) is 1.37. The highest BCUT2D eigenvalue weighted by atomic mass is 35.5. The third-order valence-electron chi connectivity index (χ3n) is 3.23. The lowest BCUT2D eigenvalue weighted by Crippen LogP contribution is -2.14. The molecule has 0 fully saturated rings. The first-order chi connectivity index (χ1) is 11.0. The van der Waals surface area contributed by atoms with Crippen LogP contribution in [0.15, 0.2) is 54.2 Å². The summed E-state index contributed by atoms with van der Waals surface area (Å²) in [5.74, 6) is -0.470. The van der Waals surface area contributed by atoms with Crippen LogP contribution in [0, 0.1) is 25.2 Å². The Morgan fingerprint density at radius 2 is 1.78 bits per heavy atom. The first-order valence-corrected chi connectivity index (χ1v) is 7.38. The van der Waals surface area contributed by atoms with Crippen molar-refractivity contribution in [2.75, 3.05) is 10.6 Å². The number of hydrogen-bond acceptors (Lipinski definition) is 3. The number of anilines is 2. The van der Waals surface area contributed by atoms with Crippen LogP contribution in [0.2, 0.25) is 5.02 Å². The van der Waals surface area contributed by atoms with Gasteiger partial charge in [0.1, 0.15) is 11.6 Å². The van der Waals surface area contributed by atoms with E-state index in [0.717, 1.165) is 11.1 Å². The summed E-state index contributed by atoms with van der Waals surface area (Å²) in [6.45, 7) is 3.86. The monoisotopic (exact) mass is 325 g/mol. The van der Waals surface area contributed by atoms with Crippen molar-refractivity contribution in [2.24, 2.45) is 0 Å². The summed E-state index contributed by atoms with van der Waals surface area (Å²) in [5.41, 5.74) is 3.37. The molecule has 0 heterocycles. The molecule has 0 saturated heterocycles. The van der Waals surface area contributed by atoms with Gasteiger partial charge >= 0.3 is 0 Å². The molecule has 0 spiro atoms. The number of benzene rings is 2. The molecule has 0 aliphatic rings. The van der Waals surface area contributed by atoms with Crippen molar-refractivity contribution in [1.82, 2.24) is 0 Å². The van der Waals surface area contributed by atoms with Crippen LogP contribution in [0.4, 0.5) is 11.4 Å². The number of carbonyl (C=O) groups excluding carboxylic acids is 1. The van der Waals surface area contributed by atoms with Gasteiger partial charge in [0.2, 0.25) is 0 Å². The zero-order chi connectivity index (χ0) is 16.8. The number of nitrogens with zero attached hydrogens (tertiary/aromatic N) is 1. The summed E-state index contributed by atoms with van der Waals surface area (Å²) in [7, 11) is 0. The molecule has 0 aromatic heterocycles. The number of nitrogens with one attached hydrogen (secondary N) is 2. The Hall–Kier alpha value is -2.77. The van der Waals surface area contributed by atoms with Crippen molar-refractivity contribution in [1.29, 1.82) is 5.26 Å². The maximum absolute atomic E-state index is 12.1. The minimum absolute atomic E-state index is 0.0257.